The zero-order valence-corrected chi connectivity index (χ0v) is 10.0. The van der Waals surface area contributed by atoms with Crippen LogP contribution in [0.5, 0.6) is 0 Å². The van der Waals surface area contributed by atoms with Crippen LogP contribution in [0.3, 0.4) is 0 Å². The minimum Gasteiger partial charge on any atom is -0.339 e. The SMILES string of the molecule is CCC(C)C1CCCCN1C(=O)CCN. The van der Waals surface area contributed by atoms with Crippen LogP contribution in [0.15, 0.2) is 0 Å². The normalized spacial score (nSPS) is 23.9. The number of carbonyl (C=O) groups is 1. The van der Waals surface area contributed by atoms with Crippen molar-refractivity contribution >= 4 is 5.91 Å². The van der Waals surface area contributed by atoms with E-state index >= 15 is 0 Å². The monoisotopic (exact) mass is 212 g/mol. The van der Waals surface area contributed by atoms with Gasteiger partial charge in [0.15, 0.2) is 0 Å². The van der Waals surface area contributed by atoms with Gasteiger partial charge in [0, 0.05) is 25.6 Å². The van der Waals surface area contributed by atoms with Crippen LogP contribution in [-0.2, 0) is 4.79 Å². The predicted octanol–water partition coefficient (Wildman–Crippen LogP) is 1.76. The molecule has 1 heterocycles. The molecule has 0 bridgehead atoms. The summed E-state index contributed by atoms with van der Waals surface area (Å²) in [6.07, 6.45) is 5.25. The fourth-order valence-corrected chi connectivity index (χ4v) is 2.40. The summed E-state index contributed by atoms with van der Waals surface area (Å²) in [7, 11) is 0. The third-order valence-corrected chi connectivity index (χ3v) is 3.53. The highest BCUT2D eigenvalue weighted by molar-refractivity contribution is 5.76. The zero-order chi connectivity index (χ0) is 11.3. The molecule has 1 fully saturated rings. The summed E-state index contributed by atoms with van der Waals surface area (Å²) in [4.78, 5) is 13.9. The Morgan fingerprint density at radius 3 is 2.87 bits per heavy atom. The molecule has 0 saturated carbocycles. The molecule has 1 amide bonds. The van der Waals surface area contributed by atoms with Crippen molar-refractivity contribution < 1.29 is 4.79 Å². The van der Waals surface area contributed by atoms with Crippen LogP contribution in [0, 0.1) is 5.92 Å². The summed E-state index contributed by atoms with van der Waals surface area (Å²) >= 11 is 0. The van der Waals surface area contributed by atoms with Crippen molar-refractivity contribution in [3.63, 3.8) is 0 Å². The maximum absolute atomic E-state index is 11.9. The van der Waals surface area contributed by atoms with Gasteiger partial charge in [0.25, 0.3) is 0 Å². The fraction of sp³-hybridized carbons (Fsp3) is 0.917. The number of hydrogen-bond acceptors (Lipinski definition) is 2. The molecule has 15 heavy (non-hydrogen) atoms. The van der Waals surface area contributed by atoms with Gasteiger partial charge in [0.1, 0.15) is 0 Å². The van der Waals surface area contributed by atoms with Crippen LogP contribution in [0.25, 0.3) is 0 Å². The molecule has 1 rings (SSSR count). The molecule has 0 aromatic rings. The lowest BCUT2D eigenvalue weighted by atomic mass is 9.89. The van der Waals surface area contributed by atoms with E-state index in [0.29, 0.717) is 24.9 Å². The van der Waals surface area contributed by atoms with E-state index in [-0.39, 0.29) is 5.91 Å². The Bertz CT molecular complexity index is 206. The Labute approximate surface area is 93.0 Å². The molecule has 2 unspecified atom stereocenters. The highest BCUT2D eigenvalue weighted by Crippen LogP contribution is 2.25. The second-order valence-corrected chi connectivity index (χ2v) is 4.57. The van der Waals surface area contributed by atoms with Crippen molar-refractivity contribution in [2.24, 2.45) is 11.7 Å². The second-order valence-electron chi connectivity index (χ2n) is 4.57. The first-order valence-electron chi connectivity index (χ1n) is 6.20. The molecule has 1 saturated heterocycles. The van der Waals surface area contributed by atoms with E-state index in [0.717, 1.165) is 19.4 Å². The van der Waals surface area contributed by atoms with Crippen LogP contribution in [0.4, 0.5) is 0 Å². The summed E-state index contributed by atoms with van der Waals surface area (Å²) < 4.78 is 0. The van der Waals surface area contributed by atoms with Crippen molar-refractivity contribution in [3.05, 3.63) is 0 Å². The maximum Gasteiger partial charge on any atom is 0.224 e. The van der Waals surface area contributed by atoms with Crippen LogP contribution in [0.1, 0.15) is 46.0 Å². The van der Waals surface area contributed by atoms with Gasteiger partial charge in [-0.15, -0.1) is 0 Å². The van der Waals surface area contributed by atoms with E-state index in [2.05, 4.69) is 18.7 Å². The number of amides is 1. The van der Waals surface area contributed by atoms with Crippen molar-refractivity contribution in [1.82, 2.24) is 4.90 Å². The Balaban J connectivity index is 2.60. The lowest BCUT2D eigenvalue weighted by Crippen LogP contribution is -2.47. The van der Waals surface area contributed by atoms with Gasteiger partial charge in [0.05, 0.1) is 0 Å². The van der Waals surface area contributed by atoms with E-state index in [1.807, 2.05) is 0 Å². The van der Waals surface area contributed by atoms with E-state index in [9.17, 15) is 4.79 Å². The fourth-order valence-electron chi connectivity index (χ4n) is 2.40. The molecular weight excluding hydrogens is 188 g/mol. The molecule has 0 spiro atoms. The Morgan fingerprint density at radius 1 is 1.53 bits per heavy atom. The van der Waals surface area contributed by atoms with Gasteiger partial charge >= 0.3 is 0 Å². The molecule has 3 heteroatoms. The molecule has 0 aromatic carbocycles. The summed E-state index contributed by atoms with van der Waals surface area (Å²) in [6, 6.07) is 0.461. The van der Waals surface area contributed by atoms with Crippen molar-refractivity contribution in [1.29, 1.82) is 0 Å². The van der Waals surface area contributed by atoms with Gasteiger partial charge in [-0.2, -0.15) is 0 Å². The largest absolute Gasteiger partial charge is 0.339 e. The molecule has 0 radical (unpaired) electrons. The van der Waals surface area contributed by atoms with E-state index in [1.54, 1.807) is 0 Å². The summed E-state index contributed by atoms with van der Waals surface area (Å²) in [5, 5.41) is 0. The van der Waals surface area contributed by atoms with Crippen LogP contribution >= 0.6 is 0 Å². The Kier molecular flexibility index (Phi) is 5.09. The standard InChI is InChI=1S/C12H24N2O/c1-3-10(2)11-6-4-5-9-14(11)12(15)7-8-13/h10-11H,3-9,13H2,1-2H3. The number of nitrogens with zero attached hydrogens (tertiary/aromatic N) is 1. The molecule has 2 N–H and O–H groups in total. The first-order chi connectivity index (χ1) is 7.20. The molecule has 88 valence electrons. The van der Waals surface area contributed by atoms with Crippen molar-refractivity contribution in [2.75, 3.05) is 13.1 Å². The molecule has 1 aliphatic rings. The zero-order valence-electron chi connectivity index (χ0n) is 10.0. The first-order valence-corrected chi connectivity index (χ1v) is 6.20. The number of likely N-dealkylation sites (tertiary alicyclic amines) is 1. The average Bonchev–Trinajstić information content (AvgIpc) is 2.28. The molecule has 0 aromatic heterocycles. The minimum absolute atomic E-state index is 0.252. The predicted molar refractivity (Wildman–Crippen MR) is 62.5 cm³/mol. The summed E-state index contributed by atoms with van der Waals surface area (Å²) in [5.41, 5.74) is 5.44. The van der Waals surface area contributed by atoms with Crippen molar-refractivity contribution in [2.45, 2.75) is 52.0 Å². The number of nitrogens with two attached hydrogens (primary N) is 1. The molecule has 0 aliphatic carbocycles. The Morgan fingerprint density at radius 2 is 2.27 bits per heavy atom. The number of rotatable bonds is 4. The number of piperidine rings is 1. The van der Waals surface area contributed by atoms with E-state index in [1.165, 1.54) is 12.8 Å². The topological polar surface area (TPSA) is 46.3 Å². The van der Waals surface area contributed by atoms with Crippen molar-refractivity contribution in [3.8, 4) is 0 Å². The molecule has 2 atom stereocenters. The quantitative estimate of drug-likeness (QED) is 0.772. The Hall–Kier alpha value is -0.570. The van der Waals surface area contributed by atoms with Gasteiger partial charge in [0.2, 0.25) is 5.91 Å². The molecule has 3 nitrogen and oxygen atoms in total. The van der Waals surface area contributed by atoms with Gasteiger partial charge in [-0.1, -0.05) is 20.3 Å². The van der Waals surface area contributed by atoms with Gasteiger partial charge in [-0.05, 0) is 25.2 Å². The van der Waals surface area contributed by atoms with Crippen LogP contribution in [0.2, 0.25) is 0 Å². The maximum atomic E-state index is 11.9. The highest BCUT2D eigenvalue weighted by atomic mass is 16.2. The average molecular weight is 212 g/mol. The van der Waals surface area contributed by atoms with Gasteiger partial charge < -0.3 is 10.6 Å². The smallest absolute Gasteiger partial charge is 0.224 e. The third-order valence-electron chi connectivity index (χ3n) is 3.53. The number of carbonyl (C=O) groups excluding carboxylic acids is 1. The third kappa shape index (κ3) is 3.20. The highest BCUT2D eigenvalue weighted by Gasteiger charge is 2.29. The summed E-state index contributed by atoms with van der Waals surface area (Å²) in [6.45, 7) is 5.86. The lowest BCUT2D eigenvalue weighted by molar-refractivity contribution is -0.135. The lowest BCUT2D eigenvalue weighted by Gasteiger charge is -2.39. The minimum atomic E-state index is 0.252. The van der Waals surface area contributed by atoms with E-state index in [4.69, 9.17) is 5.73 Å². The second kappa shape index (κ2) is 6.11. The summed E-state index contributed by atoms with van der Waals surface area (Å²) in [5.74, 6) is 0.870. The van der Waals surface area contributed by atoms with Crippen LogP contribution < -0.4 is 5.73 Å². The first kappa shape index (κ1) is 12.5. The molecule has 1 aliphatic heterocycles. The van der Waals surface area contributed by atoms with E-state index < -0.39 is 0 Å². The molecular formula is C12H24N2O. The number of hydrogen-bond donors (Lipinski definition) is 1. The van der Waals surface area contributed by atoms with Gasteiger partial charge in [-0.25, -0.2) is 0 Å². The van der Waals surface area contributed by atoms with Gasteiger partial charge in [-0.3, -0.25) is 4.79 Å². The van der Waals surface area contributed by atoms with Crippen LogP contribution in [-0.4, -0.2) is 29.9 Å².